The molecule has 0 saturated carbocycles. The Balaban J connectivity index is 1.97. The maximum absolute atomic E-state index is 3.95. The van der Waals surface area contributed by atoms with E-state index in [2.05, 4.69) is 48.7 Å². The van der Waals surface area contributed by atoms with E-state index in [1.807, 2.05) is 6.20 Å². The van der Waals surface area contributed by atoms with Gasteiger partial charge in [-0.2, -0.15) is 0 Å². The van der Waals surface area contributed by atoms with Gasteiger partial charge in [-0.15, -0.1) is 0 Å². The Morgan fingerprint density at radius 1 is 0.818 bits per heavy atom. The van der Waals surface area contributed by atoms with E-state index >= 15 is 0 Å². The molecule has 1 aromatic rings. The van der Waals surface area contributed by atoms with Gasteiger partial charge in [-0.05, 0) is 18.2 Å². The summed E-state index contributed by atoms with van der Waals surface area (Å²) in [6, 6.07) is 10.7. The number of nitrogens with zero attached hydrogens (tertiary/aromatic N) is 1. The van der Waals surface area contributed by atoms with Crippen molar-refractivity contribution in [3.05, 3.63) is 48.7 Å². The normalized spacial score (nSPS) is 10.6. The lowest BCUT2D eigenvalue weighted by molar-refractivity contribution is 0.355. The molecule has 1 nitrogen and oxygen atoms in total. The third-order valence-corrected chi connectivity index (χ3v) is 4.29. The van der Waals surface area contributed by atoms with Crippen LogP contribution in [-0.2, 0) is 6.54 Å². The molecule has 124 valence electrons. The molecule has 0 aliphatic carbocycles. The molecule has 0 unspecified atom stereocenters. The quantitative estimate of drug-likeness (QED) is 0.352. The number of hydrogen-bond acceptors (Lipinski definition) is 1. The topological polar surface area (TPSA) is 3.24 Å². The number of hydrogen-bond donors (Lipinski definition) is 0. The van der Waals surface area contributed by atoms with Gasteiger partial charge in [-0.1, -0.05) is 102 Å². The smallest absolute Gasteiger partial charge is 0.0423 e. The predicted octanol–water partition coefficient (Wildman–Crippen LogP) is 6.55. The minimum Gasteiger partial charge on any atom is -0.374 e. The zero-order chi connectivity index (χ0) is 15.9. The van der Waals surface area contributed by atoms with E-state index in [1.54, 1.807) is 0 Å². The van der Waals surface area contributed by atoms with E-state index in [0.717, 1.165) is 13.1 Å². The molecule has 1 rings (SSSR count). The molecule has 0 bridgehead atoms. The van der Waals surface area contributed by atoms with Crippen molar-refractivity contribution in [2.24, 2.45) is 0 Å². The third kappa shape index (κ3) is 9.65. The first-order chi connectivity index (χ1) is 10.9. The van der Waals surface area contributed by atoms with Crippen LogP contribution in [0.1, 0.15) is 76.7 Å². The van der Waals surface area contributed by atoms with Crippen LogP contribution in [0.3, 0.4) is 0 Å². The van der Waals surface area contributed by atoms with Crippen molar-refractivity contribution in [2.75, 3.05) is 6.54 Å². The monoisotopic (exact) mass is 301 g/mol. The van der Waals surface area contributed by atoms with Crippen molar-refractivity contribution < 1.29 is 0 Å². The van der Waals surface area contributed by atoms with Gasteiger partial charge in [0.25, 0.3) is 0 Å². The highest BCUT2D eigenvalue weighted by Crippen LogP contribution is 2.11. The Kier molecular flexibility index (Phi) is 11.5. The average Bonchev–Trinajstić information content (AvgIpc) is 2.56. The summed E-state index contributed by atoms with van der Waals surface area (Å²) in [6.07, 6.45) is 15.9. The highest BCUT2D eigenvalue weighted by molar-refractivity contribution is 5.14. The van der Waals surface area contributed by atoms with Gasteiger partial charge < -0.3 is 4.90 Å². The average molecular weight is 302 g/mol. The molecule has 0 saturated heterocycles. The standard InChI is InChI=1S/C21H35N/c1-3-5-6-7-8-9-10-11-12-16-19-22(4-2)20-21-17-14-13-15-18-21/h4,13-15,17-18H,2-3,5-12,16,19-20H2,1H3. The van der Waals surface area contributed by atoms with E-state index in [9.17, 15) is 0 Å². The predicted molar refractivity (Wildman–Crippen MR) is 98.9 cm³/mol. The summed E-state index contributed by atoms with van der Waals surface area (Å²) in [6.45, 7) is 8.35. The van der Waals surface area contributed by atoms with Gasteiger partial charge in [0, 0.05) is 13.1 Å². The highest BCUT2D eigenvalue weighted by Gasteiger charge is 2.00. The van der Waals surface area contributed by atoms with Crippen LogP contribution in [0.25, 0.3) is 0 Å². The van der Waals surface area contributed by atoms with Crippen LogP contribution in [0.5, 0.6) is 0 Å². The van der Waals surface area contributed by atoms with Gasteiger partial charge in [-0.25, -0.2) is 0 Å². The van der Waals surface area contributed by atoms with Gasteiger partial charge in [0.05, 0.1) is 0 Å². The summed E-state index contributed by atoms with van der Waals surface area (Å²) in [4.78, 5) is 2.33. The van der Waals surface area contributed by atoms with Gasteiger partial charge in [-0.3, -0.25) is 0 Å². The first-order valence-corrected chi connectivity index (χ1v) is 9.27. The van der Waals surface area contributed by atoms with Crippen LogP contribution >= 0.6 is 0 Å². The second-order valence-corrected chi connectivity index (χ2v) is 6.32. The fourth-order valence-corrected chi connectivity index (χ4v) is 2.86. The molecule has 0 amide bonds. The summed E-state index contributed by atoms with van der Waals surface area (Å²) < 4.78 is 0. The van der Waals surface area contributed by atoms with Gasteiger partial charge >= 0.3 is 0 Å². The SMILES string of the molecule is C=CN(CCCCCCCCCCCC)Cc1ccccc1. The van der Waals surface area contributed by atoms with E-state index < -0.39 is 0 Å². The molecule has 1 aromatic carbocycles. The van der Waals surface area contributed by atoms with Gasteiger partial charge in [0.1, 0.15) is 0 Å². The Morgan fingerprint density at radius 2 is 1.36 bits per heavy atom. The van der Waals surface area contributed by atoms with Crippen molar-refractivity contribution >= 4 is 0 Å². The summed E-state index contributed by atoms with van der Waals surface area (Å²) >= 11 is 0. The zero-order valence-corrected chi connectivity index (χ0v) is 14.6. The minimum absolute atomic E-state index is 0.988. The summed E-state index contributed by atoms with van der Waals surface area (Å²) in [7, 11) is 0. The second-order valence-electron chi connectivity index (χ2n) is 6.32. The van der Waals surface area contributed by atoms with Crippen LogP contribution in [0.4, 0.5) is 0 Å². The fourth-order valence-electron chi connectivity index (χ4n) is 2.86. The summed E-state index contributed by atoms with van der Waals surface area (Å²) in [5.74, 6) is 0. The molecule has 0 radical (unpaired) electrons. The Labute approximate surface area is 138 Å². The molecule has 22 heavy (non-hydrogen) atoms. The molecule has 0 spiro atoms. The molecule has 0 heterocycles. The van der Waals surface area contributed by atoms with Crippen molar-refractivity contribution in [3.63, 3.8) is 0 Å². The summed E-state index contributed by atoms with van der Waals surface area (Å²) in [5.41, 5.74) is 1.37. The number of rotatable bonds is 14. The maximum atomic E-state index is 3.95. The van der Waals surface area contributed by atoms with E-state index in [1.165, 1.54) is 69.8 Å². The largest absolute Gasteiger partial charge is 0.374 e. The lowest BCUT2D eigenvalue weighted by Gasteiger charge is -2.20. The van der Waals surface area contributed by atoms with Crippen molar-refractivity contribution in [2.45, 2.75) is 77.7 Å². The number of benzene rings is 1. The summed E-state index contributed by atoms with van der Waals surface area (Å²) in [5, 5.41) is 0. The molecule has 0 aliphatic heterocycles. The Morgan fingerprint density at radius 3 is 1.91 bits per heavy atom. The van der Waals surface area contributed by atoms with E-state index in [-0.39, 0.29) is 0 Å². The first-order valence-electron chi connectivity index (χ1n) is 9.27. The first kappa shape index (κ1) is 18.8. The minimum atomic E-state index is 0.988. The molecule has 0 atom stereocenters. The van der Waals surface area contributed by atoms with Crippen LogP contribution < -0.4 is 0 Å². The lowest BCUT2D eigenvalue weighted by atomic mass is 10.1. The highest BCUT2D eigenvalue weighted by atomic mass is 15.1. The van der Waals surface area contributed by atoms with Gasteiger partial charge in [0.2, 0.25) is 0 Å². The van der Waals surface area contributed by atoms with E-state index in [0.29, 0.717) is 0 Å². The zero-order valence-electron chi connectivity index (χ0n) is 14.6. The Bertz CT molecular complexity index is 357. The molecule has 0 aliphatic rings. The number of unbranched alkanes of at least 4 members (excludes halogenated alkanes) is 9. The maximum Gasteiger partial charge on any atom is 0.0423 e. The van der Waals surface area contributed by atoms with Crippen molar-refractivity contribution in [3.8, 4) is 0 Å². The molecule has 0 fully saturated rings. The fraction of sp³-hybridized carbons (Fsp3) is 0.619. The molecule has 0 aromatic heterocycles. The molecule has 1 heteroatoms. The van der Waals surface area contributed by atoms with Crippen LogP contribution in [0.2, 0.25) is 0 Å². The van der Waals surface area contributed by atoms with Crippen molar-refractivity contribution in [1.29, 1.82) is 0 Å². The molecular weight excluding hydrogens is 266 g/mol. The van der Waals surface area contributed by atoms with Crippen LogP contribution in [-0.4, -0.2) is 11.4 Å². The second kappa shape index (κ2) is 13.4. The molecular formula is C21H35N. The van der Waals surface area contributed by atoms with Crippen molar-refractivity contribution in [1.82, 2.24) is 4.90 Å². The van der Waals surface area contributed by atoms with Crippen LogP contribution in [0.15, 0.2) is 43.1 Å². The lowest BCUT2D eigenvalue weighted by Crippen LogP contribution is -2.17. The van der Waals surface area contributed by atoms with Gasteiger partial charge in [0.15, 0.2) is 0 Å². The van der Waals surface area contributed by atoms with E-state index in [4.69, 9.17) is 0 Å². The van der Waals surface area contributed by atoms with Crippen LogP contribution in [0, 0.1) is 0 Å². The third-order valence-electron chi connectivity index (χ3n) is 4.29. The molecule has 0 N–H and O–H groups in total. The Hall–Kier alpha value is -1.24.